The van der Waals surface area contributed by atoms with Crippen LogP contribution >= 0.6 is 0 Å². The summed E-state index contributed by atoms with van der Waals surface area (Å²) in [6.07, 6.45) is 8.98. The fraction of sp³-hybridized carbons (Fsp3) is 0.476. The number of ketones is 1. The Balaban J connectivity index is 1.84. The van der Waals surface area contributed by atoms with Gasteiger partial charge in [0.15, 0.2) is 5.78 Å². The topological polar surface area (TPSA) is 72.2 Å². The van der Waals surface area contributed by atoms with E-state index in [0.717, 1.165) is 30.4 Å². The lowest BCUT2D eigenvalue weighted by atomic mass is 9.93. The number of carbonyl (C=O) groups is 1. The third kappa shape index (κ3) is 4.47. The zero-order valence-corrected chi connectivity index (χ0v) is 15.2. The third-order valence-corrected chi connectivity index (χ3v) is 5.25. The molecule has 1 N–H and O–H groups in total. The Kier molecular flexibility index (Phi) is 5.99. The lowest BCUT2D eigenvalue weighted by Gasteiger charge is -2.22. The van der Waals surface area contributed by atoms with Gasteiger partial charge in [0.2, 0.25) is 0 Å². The van der Waals surface area contributed by atoms with Crippen LogP contribution < -0.4 is 5.56 Å². The summed E-state index contributed by atoms with van der Waals surface area (Å²) in [7, 11) is 0. The minimum Gasteiger partial charge on any atom is -0.392 e. The maximum Gasteiger partial charge on any atom is 0.251 e. The molecule has 0 spiro atoms. The lowest BCUT2D eigenvalue weighted by molar-refractivity contribution is -0.122. The molecule has 0 saturated heterocycles. The maximum atomic E-state index is 13.1. The highest BCUT2D eigenvalue weighted by Gasteiger charge is 2.27. The van der Waals surface area contributed by atoms with Crippen LogP contribution in [-0.2, 0) is 17.8 Å². The van der Waals surface area contributed by atoms with Crippen molar-refractivity contribution in [2.75, 3.05) is 0 Å². The fourth-order valence-corrected chi connectivity index (χ4v) is 3.77. The van der Waals surface area contributed by atoms with Crippen molar-refractivity contribution in [1.82, 2.24) is 9.55 Å². The zero-order valence-electron chi connectivity index (χ0n) is 15.2. The Bertz CT molecular complexity index is 805. The van der Waals surface area contributed by atoms with Crippen molar-refractivity contribution < 1.29 is 9.90 Å². The molecule has 0 bridgehead atoms. The summed E-state index contributed by atoms with van der Waals surface area (Å²) in [5.74, 6) is 0.523. The second-order valence-corrected chi connectivity index (χ2v) is 7.31. The lowest BCUT2D eigenvalue weighted by Crippen LogP contribution is -2.31. The molecule has 1 aliphatic carbocycles. The minimum absolute atomic E-state index is 0.0221. The van der Waals surface area contributed by atoms with Gasteiger partial charge in [-0.1, -0.05) is 37.8 Å². The molecule has 5 heteroatoms. The van der Waals surface area contributed by atoms with E-state index in [4.69, 9.17) is 5.11 Å². The number of hydrogen-bond acceptors (Lipinski definition) is 4. The molecule has 2 aromatic heterocycles. The van der Waals surface area contributed by atoms with Crippen LogP contribution in [0.5, 0.6) is 0 Å². The number of nitrogens with zero attached hydrogens (tertiary/aromatic N) is 2. The van der Waals surface area contributed by atoms with Gasteiger partial charge in [-0.15, -0.1) is 0 Å². The second-order valence-electron chi connectivity index (χ2n) is 7.31. The van der Waals surface area contributed by atoms with Crippen molar-refractivity contribution in [3.63, 3.8) is 0 Å². The van der Waals surface area contributed by atoms with Crippen LogP contribution in [0.25, 0.3) is 0 Å². The number of hydrogen-bond donors (Lipinski definition) is 1. The van der Waals surface area contributed by atoms with Crippen LogP contribution in [0, 0.1) is 12.8 Å². The van der Waals surface area contributed by atoms with Crippen molar-refractivity contribution in [3.8, 4) is 0 Å². The number of Topliss-reactive ketones (excluding diaryl/α,β-unsaturated/α-hetero) is 1. The molecule has 138 valence electrons. The Hall–Kier alpha value is -2.27. The summed E-state index contributed by atoms with van der Waals surface area (Å²) >= 11 is 0. The molecule has 0 aliphatic heterocycles. The highest BCUT2D eigenvalue weighted by Crippen LogP contribution is 2.32. The van der Waals surface area contributed by atoms with Gasteiger partial charge in [0.25, 0.3) is 5.56 Å². The number of aromatic nitrogens is 2. The molecule has 2 heterocycles. The van der Waals surface area contributed by atoms with Gasteiger partial charge in [-0.2, -0.15) is 0 Å². The molecule has 26 heavy (non-hydrogen) atoms. The van der Waals surface area contributed by atoms with Crippen LogP contribution in [0.15, 0.2) is 41.5 Å². The summed E-state index contributed by atoms with van der Waals surface area (Å²) < 4.78 is 1.61. The normalized spacial score (nSPS) is 15.9. The standard InChI is InChI=1S/C21H26N2O3/c1-15-6-9-21(26)23(13-15)19(10-16-4-2-3-5-16)20(25)11-18-8-7-17(14-24)12-22-18/h6-9,12-13,16,19,24H,2-5,10-11,14H2,1H3/t19-/m0/s1. The summed E-state index contributed by atoms with van der Waals surface area (Å²) in [5.41, 5.74) is 2.23. The Labute approximate surface area is 153 Å². The summed E-state index contributed by atoms with van der Waals surface area (Å²) in [4.78, 5) is 29.7. The summed E-state index contributed by atoms with van der Waals surface area (Å²) in [5, 5.41) is 9.12. The first-order valence-corrected chi connectivity index (χ1v) is 9.33. The van der Waals surface area contributed by atoms with E-state index in [2.05, 4.69) is 4.98 Å². The van der Waals surface area contributed by atoms with E-state index >= 15 is 0 Å². The van der Waals surface area contributed by atoms with Gasteiger partial charge in [0.05, 0.1) is 19.1 Å². The fourth-order valence-electron chi connectivity index (χ4n) is 3.77. The van der Waals surface area contributed by atoms with E-state index in [1.165, 1.54) is 12.8 Å². The number of aliphatic hydroxyl groups is 1. The van der Waals surface area contributed by atoms with E-state index in [0.29, 0.717) is 11.6 Å². The van der Waals surface area contributed by atoms with Crippen LogP contribution in [0.4, 0.5) is 0 Å². The van der Waals surface area contributed by atoms with Crippen molar-refractivity contribution in [2.45, 2.75) is 58.1 Å². The average Bonchev–Trinajstić information content (AvgIpc) is 3.16. The van der Waals surface area contributed by atoms with E-state index in [1.54, 1.807) is 41.2 Å². The molecule has 1 saturated carbocycles. The molecular formula is C21H26N2O3. The summed E-state index contributed by atoms with van der Waals surface area (Å²) in [6, 6.07) is 6.43. The van der Waals surface area contributed by atoms with Crippen LogP contribution in [-0.4, -0.2) is 20.4 Å². The zero-order chi connectivity index (χ0) is 18.5. The van der Waals surface area contributed by atoms with Crippen LogP contribution in [0.3, 0.4) is 0 Å². The molecule has 1 fully saturated rings. The first kappa shape index (κ1) is 18.5. The van der Waals surface area contributed by atoms with E-state index in [-0.39, 0.29) is 24.4 Å². The smallest absolute Gasteiger partial charge is 0.251 e. The number of rotatable bonds is 7. The largest absolute Gasteiger partial charge is 0.392 e. The number of carbonyl (C=O) groups excluding carboxylic acids is 1. The third-order valence-electron chi connectivity index (χ3n) is 5.25. The molecule has 2 aromatic rings. The monoisotopic (exact) mass is 354 g/mol. The van der Waals surface area contributed by atoms with E-state index in [9.17, 15) is 9.59 Å². The molecule has 0 unspecified atom stereocenters. The number of aliphatic hydroxyl groups excluding tert-OH is 1. The molecule has 3 rings (SSSR count). The van der Waals surface area contributed by atoms with E-state index < -0.39 is 6.04 Å². The van der Waals surface area contributed by atoms with Gasteiger partial charge in [0.1, 0.15) is 0 Å². The first-order chi connectivity index (χ1) is 12.6. The van der Waals surface area contributed by atoms with Crippen molar-refractivity contribution in [1.29, 1.82) is 0 Å². The Morgan fingerprint density at radius 1 is 1.27 bits per heavy atom. The highest BCUT2D eigenvalue weighted by molar-refractivity contribution is 5.84. The number of pyridine rings is 2. The highest BCUT2D eigenvalue weighted by atomic mass is 16.3. The van der Waals surface area contributed by atoms with Gasteiger partial charge in [-0.25, -0.2) is 0 Å². The van der Waals surface area contributed by atoms with Gasteiger partial charge < -0.3 is 9.67 Å². The predicted molar refractivity (Wildman–Crippen MR) is 99.9 cm³/mol. The molecule has 1 aliphatic rings. The summed E-state index contributed by atoms with van der Waals surface area (Å²) in [6.45, 7) is 1.87. The molecule has 0 amide bonds. The van der Waals surface area contributed by atoms with Crippen LogP contribution in [0.2, 0.25) is 0 Å². The Morgan fingerprint density at radius 2 is 2.04 bits per heavy atom. The molecule has 0 aromatic carbocycles. The Morgan fingerprint density at radius 3 is 2.69 bits per heavy atom. The van der Waals surface area contributed by atoms with Gasteiger partial charge >= 0.3 is 0 Å². The van der Waals surface area contributed by atoms with Crippen LogP contribution in [0.1, 0.15) is 55.0 Å². The predicted octanol–water partition coefficient (Wildman–Crippen LogP) is 2.98. The average molecular weight is 354 g/mol. The van der Waals surface area contributed by atoms with Gasteiger partial charge in [-0.05, 0) is 36.5 Å². The quantitative estimate of drug-likeness (QED) is 0.830. The van der Waals surface area contributed by atoms with Crippen molar-refractivity contribution in [3.05, 3.63) is 63.8 Å². The molecule has 5 nitrogen and oxygen atoms in total. The molecule has 1 atom stereocenters. The molecule has 0 radical (unpaired) electrons. The maximum absolute atomic E-state index is 13.1. The molecular weight excluding hydrogens is 328 g/mol. The minimum atomic E-state index is -0.440. The first-order valence-electron chi connectivity index (χ1n) is 9.33. The number of aryl methyl sites for hydroxylation is 1. The van der Waals surface area contributed by atoms with Crippen molar-refractivity contribution >= 4 is 5.78 Å². The van der Waals surface area contributed by atoms with Gasteiger partial charge in [0, 0.05) is 24.2 Å². The van der Waals surface area contributed by atoms with Crippen molar-refractivity contribution in [2.24, 2.45) is 5.92 Å². The van der Waals surface area contributed by atoms with Gasteiger partial charge in [-0.3, -0.25) is 14.6 Å². The second kappa shape index (κ2) is 8.41. The van der Waals surface area contributed by atoms with E-state index in [1.807, 2.05) is 6.92 Å². The SMILES string of the molecule is Cc1ccc(=O)n([C@@H](CC2CCCC2)C(=O)Cc2ccc(CO)cn2)c1.